The maximum atomic E-state index is 12.5. The van der Waals surface area contributed by atoms with Crippen LogP contribution in [0, 0.1) is 5.92 Å². The number of esters is 1. The predicted molar refractivity (Wildman–Crippen MR) is 108 cm³/mol. The molecule has 0 radical (unpaired) electrons. The Kier molecular flexibility index (Phi) is 6.81. The normalized spacial score (nSPS) is 14.6. The molecule has 2 aromatic rings. The molecule has 1 heterocycles. The average molecular weight is 422 g/mol. The maximum absolute atomic E-state index is 12.5. The molecule has 148 valence electrons. The number of carbonyl (C=O) groups excluding carboxylic acids is 2. The lowest BCUT2D eigenvalue weighted by Crippen LogP contribution is -2.40. The summed E-state index contributed by atoms with van der Waals surface area (Å²) in [4.78, 5) is 26.7. The topological polar surface area (TPSA) is 55.8 Å². The fraction of sp³-hybridized carbons (Fsp3) is 0.333. The molecule has 7 heteroatoms. The van der Waals surface area contributed by atoms with Gasteiger partial charge in [-0.15, -0.1) is 0 Å². The second-order valence-electron chi connectivity index (χ2n) is 6.64. The van der Waals surface area contributed by atoms with Crippen molar-refractivity contribution in [2.45, 2.75) is 19.4 Å². The lowest BCUT2D eigenvalue weighted by atomic mass is 9.96. The van der Waals surface area contributed by atoms with Crippen molar-refractivity contribution in [2.24, 2.45) is 5.92 Å². The Balaban J connectivity index is 1.52. The van der Waals surface area contributed by atoms with Gasteiger partial charge in [0, 0.05) is 34.3 Å². The van der Waals surface area contributed by atoms with Gasteiger partial charge in [0.2, 0.25) is 0 Å². The van der Waals surface area contributed by atoms with E-state index in [9.17, 15) is 9.59 Å². The van der Waals surface area contributed by atoms with Gasteiger partial charge in [0.1, 0.15) is 12.4 Å². The number of hydrogen-bond donors (Lipinski definition) is 0. The van der Waals surface area contributed by atoms with Crippen LogP contribution in [0.1, 0.15) is 28.8 Å². The molecule has 28 heavy (non-hydrogen) atoms. The summed E-state index contributed by atoms with van der Waals surface area (Å²) < 4.78 is 10.7. The van der Waals surface area contributed by atoms with Crippen molar-refractivity contribution in [3.63, 3.8) is 0 Å². The summed E-state index contributed by atoms with van der Waals surface area (Å²) in [7, 11) is 1.56. The first-order valence-electron chi connectivity index (χ1n) is 9.02. The van der Waals surface area contributed by atoms with Gasteiger partial charge in [-0.2, -0.15) is 0 Å². The first-order chi connectivity index (χ1) is 13.5. The van der Waals surface area contributed by atoms with Gasteiger partial charge in [-0.25, -0.2) is 0 Å². The van der Waals surface area contributed by atoms with Crippen molar-refractivity contribution in [1.82, 2.24) is 4.90 Å². The summed E-state index contributed by atoms with van der Waals surface area (Å²) in [6, 6.07) is 12.0. The number of amides is 1. The minimum Gasteiger partial charge on any atom is -0.496 e. The van der Waals surface area contributed by atoms with Crippen molar-refractivity contribution in [3.8, 4) is 5.75 Å². The second-order valence-corrected chi connectivity index (χ2v) is 7.51. The molecule has 5 nitrogen and oxygen atoms in total. The number of ether oxygens (including phenoxy) is 2. The van der Waals surface area contributed by atoms with Gasteiger partial charge in [0.15, 0.2) is 0 Å². The molecule has 0 unspecified atom stereocenters. The second kappa shape index (κ2) is 9.30. The lowest BCUT2D eigenvalue weighted by Gasteiger charge is -2.31. The highest BCUT2D eigenvalue weighted by molar-refractivity contribution is 6.31. The van der Waals surface area contributed by atoms with Gasteiger partial charge in [0.25, 0.3) is 5.91 Å². The van der Waals surface area contributed by atoms with Crippen LogP contribution in [0.3, 0.4) is 0 Å². The van der Waals surface area contributed by atoms with Gasteiger partial charge in [-0.3, -0.25) is 9.59 Å². The Labute approximate surface area is 174 Å². The number of nitrogens with zero attached hydrogens (tertiary/aromatic N) is 1. The largest absolute Gasteiger partial charge is 0.496 e. The molecule has 3 rings (SSSR count). The Hall–Kier alpha value is -2.24. The van der Waals surface area contributed by atoms with Gasteiger partial charge < -0.3 is 14.4 Å². The third kappa shape index (κ3) is 4.97. The monoisotopic (exact) mass is 421 g/mol. The molecule has 0 bridgehead atoms. The van der Waals surface area contributed by atoms with Crippen molar-refractivity contribution in [2.75, 3.05) is 20.2 Å². The summed E-state index contributed by atoms with van der Waals surface area (Å²) >= 11 is 11.9. The van der Waals surface area contributed by atoms with Crippen molar-refractivity contribution >= 4 is 35.1 Å². The van der Waals surface area contributed by atoms with E-state index < -0.39 is 0 Å². The molecule has 0 atom stereocenters. The molecule has 1 aliphatic heterocycles. The van der Waals surface area contributed by atoms with Crippen LogP contribution in [0.5, 0.6) is 5.75 Å². The third-order valence-corrected chi connectivity index (χ3v) is 5.31. The minimum absolute atomic E-state index is 0.0489. The fourth-order valence-corrected chi connectivity index (χ4v) is 3.54. The third-order valence-electron chi connectivity index (χ3n) is 4.82. The number of benzene rings is 2. The number of rotatable bonds is 5. The molecule has 0 N–H and O–H groups in total. The van der Waals surface area contributed by atoms with Crippen LogP contribution in [0.2, 0.25) is 10.0 Å². The van der Waals surface area contributed by atoms with E-state index in [1.807, 2.05) is 0 Å². The molecule has 1 amide bonds. The van der Waals surface area contributed by atoms with Gasteiger partial charge in [-0.05, 0) is 55.3 Å². The molecule has 0 aromatic heterocycles. The summed E-state index contributed by atoms with van der Waals surface area (Å²) in [5.41, 5.74) is 1.32. The van der Waals surface area contributed by atoms with Gasteiger partial charge >= 0.3 is 5.97 Å². The standard InChI is InChI=1S/C21H21Cl2NO4/c1-27-19-7-6-18(23)12-16(19)13-28-21(26)15-8-10-24(11-9-15)20(25)14-2-4-17(22)5-3-14/h2-7,12,15H,8-11,13H2,1H3. The van der Waals surface area contributed by atoms with Crippen LogP contribution in [0.25, 0.3) is 0 Å². The summed E-state index contributed by atoms with van der Waals surface area (Å²) in [6.45, 7) is 1.13. The molecular weight excluding hydrogens is 401 g/mol. The Morgan fingerprint density at radius 1 is 1.04 bits per heavy atom. The van der Waals surface area contributed by atoms with E-state index in [0.29, 0.717) is 47.3 Å². The van der Waals surface area contributed by atoms with E-state index in [1.165, 1.54) is 0 Å². The van der Waals surface area contributed by atoms with Crippen molar-refractivity contribution < 1.29 is 19.1 Å². The Morgan fingerprint density at radius 3 is 2.32 bits per heavy atom. The molecule has 2 aromatic carbocycles. The zero-order valence-corrected chi connectivity index (χ0v) is 17.0. The zero-order valence-electron chi connectivity index (χ0n) is 15.5. The average Bonchev–Trinajstić information content (AvgIpc) is 2.72. The number of piperidine rings is 1. The van der Waals surface area contributed by atoms with E-state index in [-0.39, 0.29) is 24.4 Å². The smallest absolute Gasteiger partial charge is 0.309 e. The van der Waals surface area contributed by atoms with Crippen LogP contribution >= 0.6 is 23.2 Å². The number of halogens is 2. The highest BCUT2D eigenvalue weighted by Crippen LogP contribution is 2.25. The highest BCUT2D eigenvalue weighted by atomic mass is 35.5. The summed E-state index contributed by atoms with van der Waals surface area (Å²) in [6.07, 6.45) is 1.15. The Morgan fingerprint density at radius 2 is 1.68 bits per heavy atom. The van der Waals surface area contributed by atoms with Crippen molar-refractivity contribution in [1.29, 1.82) is 0 Å². The van der Waals surface area contributed by atoms with E-state index >= 15 is 0 Å². The number of likely N-dealkylation sites (tertiary alicyclic amines) is 1. The molecule has 1 saturated heterocycles. The summed E-state index contributed by atoms with van der Waals surface area (Å²) in [5, 5.41) is 1.15. The minimum atomic E-state index is -0.263. The first-order valence-corrected chi connectivity index (χ1v) is 9.77. The number of hydrogen-bond acceptors (Lipinski definition) is 4. The predicted octanol–water partition coefficient (Wildman–Crippen LogP) is 4.60. The summed E-state index contributed by atoms with van der Waals surface area (Å²) in [5.74, 6) is 0.0906. The van der Waals surface area contributed by atoms with Crippen LogP contribution in [-0.2, 0) is 16.1 Å². The van der Waals surface area contributed by atoms with Gasteiger partial charge in [0.05, 0.1) is 13.0 Å². The molecule has 1 aliphatic rings. The van der Waals surface area contributed by atoms with Crippen LogP contribution in [0.4, 0.5) is 0 Å². The fourth-order valence-electron chi connectivity index (χ4n) is 3.22. The lowest BCUT2D eigenvalue weighted by molar-refractivity contribution is -0.151. The quantitative estimate of drug-likeness (QED) is 0.661. The maximum Gasteiger partial charge on any atom is 0.309 e. The Bertz CT molecular complexity index is 846. The molecule has 1 fully saturated rings. The zero-order chi connectivity index (χ0) is 20.1. The molecular formula is C21H21Cl2NO4. The first kappa shape index (κ1) is 20.5. The van der Waals surface area contributed by atoms with E-state index in [2.05, 4.69) is 0 Å². The van der Waals surface area contributed by atoms with E-state index in [4.69, 9.17) is 32.7 Å². The molecule has 0 spiro atoms. The SMILES string of the molecule is COc1ccc(Cl)cc1COC(=O)C1CCN(C(=O)c2ccc(Cl)cc2)CC1. The number of methoxy groups -OCH3 is 1. The van der Waals surface area contributed by atoms with Crippen LogP contribution in [0.15, 0.2) is 42.5 Å². The van der Waals surface area contributed by atoms with E-state index in [0.717, 1.165) is 5.56 Å². The van der Waals surface area contributed by atoms with E-state index in [1.54, 1.807) is 54.5 Å². The van der Waals surface area contributed by atoms with Crippen molar-refractivity contribution in [3.05, 3.63) is 63.6 Å². The molecule has 0 aliphatic carbocycles. The van der Waals surface area contributed by atoms with Gasteiger partial charge in [-0.1, -0.05) is 23.2 Å². The number of carbonyl (C=O) groups is 2. The highest BCUT2D eigenvalue weighted by Gasteiger charge is 2.29. The van der Waals surface area contributed by atoms with Crippen LogP contribution in [-0.4, -0.2) is 37.0 Å². The molecule has 0 saturated carbocycles. The van der Waals surface area contributed by atoms with Crippen LogP contribution < -0.4 is 4.74 Å².